The number of esters is 1. The molecule has 1 amide bonds. The van der Waals surface area contributed by atoms with Gasteiger partial charge in [-0.1, -0.05) is 51.1 Å². The quantitative estimate of drug-likeness (QED) is 0.513. The van der Waals surface area contributed by atoms with Crippen molar-refractivity contribution in [3.05, 3.63) is 35.9 Å². The molecule has 0 N–H and O–H groups in total. The Bertz CT molecular complexity index is 716. The molecular formula is C22H35NO5Si. The number of carbonyl (C=O) groups is 2. The van der Waals surface area contributed by atoms with Gasteiger partial charge in [0.2, 0.25) is 0 Å². The molecule has 1 saturated heterocycles. The molecular weight excluding hydrogens is 386 g/mol. The van der Waals surface area contributed by atoms with Crippen LogP contribution in [0.1, 0.15) is 39.7 Å². The second-order valence-electron chi connectivity index (χ2n) is 9.68. The van der Waals surface area contributed by atoms with Crippen molar-refractivity contribution in [2.24, 2.45) is 5.41 Å². The van der Waals surface area contributed by atoms with Gasteiger partial charge in [0.15, 0.2) is 8.32 Å². The first-order valence-corrected chi connectivity index (χ1v) is 13.0. The number of hydrogen-bond acceptors (Lipinski definition) is 5. The highest BCUT2D eigenvalue weighted by molar-refractivity contribution is 6.74. The fraction of sp³-hybridized carbons (Fsp3) is 0.636. The van der Waals surface area contributed by atoms with Crippen molar-refractivity contribution >= 4 is 20.4 Å². The maximum Gasteiger partial charge on any atom is 0.410 e. The Morgan fingerprint density at radius 2 is 1.83 bits per heavy atom. The summed E-state index contributed by atoms with van der Waals surface area (Å²) in [7, 11) is -0.687. The average Bonchev–Trinajstić information content (AvgIpc) is 2.64. The van der Waals surface area contributed by atoms with E-state index < -0.39 is 19.8 Å². The monoisotopic (exact) mass is 421 g/mol. The summed E-state index contributed by atoms with van der Waals surface area (Å²) in [6.07, 6.45) is -0.153. The van der Waals surface area contributed by atoms with Crippen LogP contribution in [0.3, 0.4) is 0 Å². The highest BCUT2D eigenvalue weighted by atomic mass is 28.4. The molecule has 1 aromatic carbocycles. The maximum absolute atomic E-state index is 12.8. The molecule has 0 bridgehead atoms. The van der Waals surface area contributed by atoms with Gasteiger partial charge >= 0.3 is 12.1 Å². The Morgan fingerprint density at radius 3 is 2.38 bits per heavy atom. The van der Waals surface area contributed by atoms with Crippen LogP contribution in [0.4, 0.5) is 4.79 Å². The first-order valence-electron chi connectivity index (χ1n) is 10.1. The number of ether oxygens (including phenoxy) is 2. The first kappa shape index (κ1) is 23.4. The molecule has 7 heteroatoms. The molecule has 1 aliphatic heterocycles. The fourth-order valence-electron chi connectivity index (χ4n) is 3.38. The molecule has 1 heterocycles. The van der Waals surface area contributed by atoms with Crippen LogP contribution in [0.2, 0.25) is 18.1 Å². The number of amides is 1. The van der Waals surface area contributed by atoms with Crippen molar-refractivity contribution in [2.75, 3.05) is 20.2 Å². The van der Waals surface area contributed by atoms with Gasteiger partial charge in [0.05, 0.1) is 18.6 Å². The number of carbonyl (C=O) groups excluding carboxylic acids is 2. The van der Waals surface area contributed by atoms with Crippen LogP contribution in [-0.4, -0.2) is 51.6 Å². The molecule has 1 fully saturated rings. The molecule has 29 heavy (non-hydrogen) atoms. The van der Waals surface area contributed by atoms with Crippen LogP contribution in [0.15, 0.2) is 30.3 Å². The van der Waals surface area contributed by atoms with Crippen LogP contribution in [-0.2, 0) is 25.3 Å². The Labute approximate surface area is 175 Å². The highest BCUT2D eigenvalue weighted by Gasteiger charge is 2.48. The smallest absolute Gasteiger partial charge is 0.410 e. The lowest BCUT2D eigenvalue weighted by Crippen LogP contribution is -2.57. The third kappa shape index (κ3) is 5.82. The van der Waals surface area contributed by atoms with E-state index in [2.05, 4.69) is 33.9 Å². The van der Waals surface area contributed by atoms with Gasteiger partial charge in [-0.3, -0.25) is 4.79 Å². The summed E-state index contributed by atoms with van der Waals surface area (Å²) in [5.74, 6) is -0.332. The second-order valence-corrected chi connectivity index (χ2v) is 14.4. The normalized spacial score (nSPS) is 22.9. The summed E-state index contributed by atoms with van der Waals surface area (Å²) in [6, 6.07) is 9.54. The summed E-state index contributed by atoms with van der Waals surface area (Å²) in [5, 5.41) is 0.0325. The molecule has 2 atom stereocenters. The van der Waals surface area contributed by atoms with Crippen molar-refractivity contribution in [2.45, 2.75) is 65.0 Å². The minimum atomic E-state index is -2.07. The van der Waals surface area contributed by atoms with E-state index in [9.17, 15) is 9.59 Å². The lowest BCUT2D eigenvalue weighted by molar-refractivity contribution is -0.157. The van der Waals surface area contributed by atoms with Gasteiger partial charge in [0.25, 0.3) is 0 Å². The summed E-state index contributed by atoms with van der Waals surface area (Å²) < 4.78 is 17.1. The molecule has 0 aromatic heterocycles. The van der Waals surface area contributed by atoms with Gasteiger partial charge in [-0.25, -0.2) is 4.79 Å². The number of benzene rings is 1. The second kappa shape index (κ2) is 8.88. The van der Waals surface area contributed by atoms with E-state index in [0.717, 1.165) is 5.56 Å². The Balaban J connectivity index is 2.15. The van der Waals surface area contributed by atoms with Crippen LogP contribution in [0.5, 0.6) is 0 Å². The van der Waals surface area contributed by atoms with E-state index >= 15 is 0 Å². The third-order valence-electron chi connectivity index (χ3n) is 6.05. The summed E-state index contributed by atoms with van der Waals surface area (Å²) in [5.41, 5.74) is 0.0916. The molecule has 6 nitrogen and oxygen atoms in total. The summed E-state index contributed by atoms with van der Waals surface area (Å²) in [6.45, 7) is 13.6. The zero-order chi connectivity index (χ0) is 21.9. The van der Waals surface area contributed by atoms with E-state index in [1.807, 2.05) is 37.3 Å². The number of piperidine rings is 1. The molecule has 0 spiro atoms. The first-order chi connectivity index (χ1) is 13.4. The highest BCUT2D eigenvalue weighted by Crippen LogP contribution is 2.40. The van der Waals surface area contributed by atoms with E-state index in [0.29, 0.717) is 13.0 Å². The fourth-order valence-corrected chi connectivity index (χ4v) is 4.72. The van der Waals surface area contributed by atoms with E-state index in [-0.39, 0.29) is 30.3 Å². The Hall–Kier alpha value is -1.86. The SMILES string of the molecule is COC(=O)C1(C)CC(O[Si](C)(C)C(C)(C)C)CN(C(=O)OCc2ccccc2)C1. The molecule has 0 radical (unpaired) electrons. The average molecular weight is 422 g/mol. The molecule has 1 aromatic rings. The lowest BCUT2D eigenvalue weighted by Gasteiger charge is -2.46. The standard InChI is InChI=1S/C22H35NO5Si/c1-21(2,3)29(6,7)28-18-13-22(4,19(24)26-5)16-23(14-18)20(25)27-15-17-11-9-8-10-12-17/h8-12,18H,13-16H2,1-7H3. The molecule has 2 rings (SSSR count). The molecule has 0 aliphatic carbocycles. The van der Waals surface area contributed by atoms with E-state index in [1.165, 1.54) is 7.11 Å². The minimum Gasteiger partial charge on any atom is -0.469 e. The predicted molar refractivity (Wildman–Crippen MR) is 115 cm³/mol. The van der Waals surface area contributed by atoms with Gasteiger partial charge < -0.3 is 18.8 Å². The summed E-state index contributed by atoms with van der Waals surface area (Å²) in [4.78, 5) is 26.9. The van der Waals surface area contributed by atoms with Gasteiger partial charge in [-0.15, -0.1) is 0 Å². The van der Waals surface area contributed by atoms with Crippen molar-refractivity contribution < 1.29 is 23.5 Å². The summed E-state index contributed by atoms with van der Waals surface area (Å²) >= 11 is 0. The zero-order valence-electron chi connectivity index (χ0n) is 18.8. The van der Waals surface area contributed by atoms with Crippen molar-refractivity contribution in [3.8, 4) is 0 Å². The largest absolute Gasteiger partial charge is 0.469 e. The topological polar surface area (TPSA) is 65.1 Å². The molecule has 1 aliphatic rings. The Morgan fingerprint density at radius 1 is 1.21 bits per heavy atom. The third-order valence-corrected chi connectivity index (χ3v) is 10.6. The van der Waals surface area contributed by atoms with Crippen LogP contribution < -0.4 is 0 Å². The van der Waals surface area contributed by atoms with Gasteiger partial charge in [-0.05, 0) is 37.0 Å². The maximum atomic E-state index is 12.8. The zero-order valence-corrected chi connectivity index (χ0v) is 19.8. The van der Waals surface area contributed by atoms with Crippen molar-refractivity contribution in [1.82, 2.24) is 4.90 Å². The Kier molecular flexibility index (Phi) is 7.17. The number of likely N-dealkylation sites (tertiary alicyclic amines) is 1. The van der Waals surface area contributed by atoms with Gasteiger partial charge in [-0.2, -0.15) is 0 Å². The van der Waals surface area contributed by atoms with Gasteiger partial charge in [0, 0.05) is 13.1 Å². The van der Waals surface area contributed by atoms with E-state index in [1.54, 1.807) is 4.90 Å². The number of nitrogens with zero attached hydrogens (tertiary/aromatic N) is 1. The number of hydrogen-bond donors (Lipinski definition) is 0. The van der Waals surface area contributed by atoms with Crippen LogP contribution in [0, 0.1) is 5.41 Å². The lowest BCUT2D eigenvalue weighted by atomic mass is 9.81. The van der Waals surface area contributed by atoms with Crippen molar-refractivity contribution in [1.29, 1.82) is 0 Å². The molecule has 2 unspecified atom stereocenters. The molecule has 162 valence electrons. The minimum absolute atomic E-state index is 0.0325. The number of rotatable bonds is 5. The molecule has 0 saturated carbocycles. The van der Waals surface area contributed by atoms with Crippen molar-refractivity contribution in [3.63, 3.8) is 0 Å². The van der Waals surface area contributed by atoms with Gasteiger partial charge in [0.1, 0.15) is 6.61 Å². The predicted octanol–water partition coefficient (Wildman–Crippen LogP) is 4.60. The van der Waals surface area contributed by atoms with Crippen LogP contribution in [0.25, 0.3) is 0 Å². The number of methoxy groups -OCH3 is 1. The van der Waals surface area contributed by atoms with Crippen LogP contribution >= 0.6 is 0 Å². The van der Waals surface area contributed by atoms with E-state index in [4.69, 9.17) is 13.9 Å².